The van der Waals surface area contributed by atoms with Crippen molar-refractivity contribution in [1.29, 1.82) is 0 Å². The Hall–Kier alpha value is -3.26. The van der Waals surface area contributed by atoms with E-state index >= 15 is 0 Å². The van der Waals surface area contributed by atoms with Gasteiger partial charge in [-0.3, -0.25) is 9.89 Å². The highest BCUT2D eigenvalue weighted by atomic mass is 16.5. The van der Waals surface area contributed by atoms with Crippen molar-refractivity contribution in [2.24, 2.45) is 4.99 Å². The number of aliphatic imine (C=N–C) groups is 1. The molecule has 2 aliphatic heterocycles. The molecular formula is C25H28N6O2. The van der Waals surface area contributed by atoms with E-state index in [4.69, 9.17) is 14.1 Å². The van der Waals surface area contributed by atoms with Crippen molar-refractivity contribution in [2.45, 2.75) is 51.4 Å². The van der Waals surface area contributed by atoms with Crippen LogP contribution in [0.25, 0.3) is 0 Å². The molecular weight excluding hydrogens is 416 g/mol. The molecule has 0 unspecified atom stereocenters. The highest BCUT2D eigenvalue weighted by Crippen LogP contribution is 2.40. The molecule has 1 aliphatic carbocycles. The molecule has 33 heavy (non-hydrogen) atoms. The number of hydrogen-bond acceptors (Lipinski definition) is 8. The third-order valence-electron chi connectivity index (χ3n) is 6.90. The molecule has 170 valence electrons. The molecule has 0 radical (unpaired) electrons. The van der Waals surface area contributed by atoms with Gasteiger partial charge < -0.3 is 14.1 Å². The predicted octanol–water partition coefficient (Wildman–Crippen LogP) is 3.46. The number of fused-ring (bicyclic) bond motifs is 1. The molecule has 8 heteroatoms. The maximum absolute atomic E-state index is 6.19. The van der Waals surface area contributed by atoms with Gasteiger partial charge in [-0.25, -0.2) is 15.0 Å². The van der Waals surface area contributed by atoms with Gasteiger partial charge in [0.25, 0.3) is 0 Å². The maximum atomic E-state index is 6.19. The van der Waals surface area contributed by atoms with Crippen LogP contribution in [0.1, 0.15) is 49.2 Å². The number of benzene rings is 1. The minimum absolute atomic E-state index is 0.00124. The summed E-state index contributed by atoms with van der Waals surface area (Å²) < 4.78 is 11.3. The lowest BCUT2D eigenvalue weighted by molar-refractivity contribution is 0.178. The number of nitrogens with zero attached hydrogens (tertiary/aromatic N) is 6. The Labute approximate surface area is 193 Å². The lowest BCUT2D eigenvalue weighted by atomic mass is 10.0. The summed E-state index contributed by atoms with van der Waals surface area (Å²) in [6.07, 6.45) is 7.10. The smallest absolute Gasteiger partial charge is 0.180 e. The molecule has 3 aromatic rings. The van der Waals surface area contributed by atoms with Crippen molar-refractivity contribution in [2.75, 3.05) is 24.5 Å². The van der Waals surface area contributed by atoms with Gasteiger partial charge in [0.15, 0.2) is 6.39 Å². The molecule has 4 heterocycles. The Morgan fingerprint density at radius 1 is 1.15 bits per heavy atom. The van der Waals surface area contributed by atoms with Crippen LogP contribution in [-0.4, -0.2) is 56.8 Å². The van der Waals surface area contributed by atoms with E-state index in [0.717, 1.165) is 73.3 Å². The molecule has 0 amide bonds. The summed E-state index contributed by atoms with van der Waals surface area (Å²) in [6, 6.07) is 8.76. The van der Waals surface area contributed by atoms with Gasteiger partial charge in [-0.2, -0.15) is 0 Å². The van der Waals surface area contributed by atoms with Crippen LogP contribution in [0.3, 0.4) is 0 Å². The summed E-state index contributed by atoms with van der Waals surface area (Å²) >= 11 is 0. The molecule has 1 aromatic carbocycles. The SMILES string of the molecule is C[C@@H]1CN(c2cc(C3=NCc4ccc(OC5(C)CC5)cc43)ncn2)CCN1Cc1cocn1. The first kappa shape index (κ1) is 20.4. The van der Waals surface area contributed by atoms with E-state index in [1.54, 1.807) is 12.6 Å². The van der Waals surface area contributed by atoms with E-state index < -0.39 is 0 Å². The van der Waals surface area contributed by atoms with Crippen LogP contribution >= 0.6 is 0 Å². The highest BCUT2D eigenvalue weighted by Gasteiger charge is 2.40. The molecule has 2 fully saturated rings. The quantitative estimate of drug-likeness (QED) is 0.576. The molecule has 1 atom stereocenters. The second kappa shape index (κ2) is 7.95. The summed E-state index contributed by atoms with van der Waals surface area (Å²) in [5.74, 6) is 1.86. The van der Waals surface area contributed by atoms with Crippen molar-refractivity contribution in [1.82, 2.24) is 19.9 Å². The lowest BCUT2D eigenvalue weighted by Crippen LogP contribution is -2.51. The number of rotatable bonds is 6. The molecule has 6 rings (SSSR count). The Kier molecular flexibility index (Phi) is 4.90. The van der Waals surface area contributed by atoms with Gasteiger partial charge in [0.1, 0.15) is 29.8 Å². The first-order chi connectivity index (χ1) is 16.1. The van der Waals surface area contributed by atoms with Gasteiger partial charge in [0.2, 0.25) is 0 Å². The van der Waals surface area contributed by atoms with E-state index in [1.807, 2.05) is 0 Å². The molecule has 8 nitrogen and oxygen atoms in total. The van der Waals surface area contributed by atoms with Gasteiger partial charge in [0, 0.05) is 43.9 Å². The van der Waals surface area contributed by atoms with Crippen LogP contribution in [0.5, 0.6) is 5.75 Å². The molecule has 3 aliphatic rings. The number of ether oxygens (including phenoxy) is 1. The Bertz CT molecular complexity index is 1190. The van der Waals surface area contributed by atoms with Crippen LogP contribution in [-0.2, 0) is 13.1 Å². The summed E-state index contributed by atoms with van der Waals surface area (Å²) in [5, 5.41) is 0. The summed E-state index contributed by atoms with van der Waals surface area (Å²) in [7, 11) is 0. The highest BCUT2D eigenvalue weighted by molar-refractivity contribution is 6.14. The zero-order valence-electron chi connectivity index (χ0n) is 19.1. The van der Waals surface area contributed by atoms with Crippen LogP contribution < -0.4 is 9.64 Å². The topological polar surface area (TPSA) is 79.9 Å². The van der Waals surface area contributed by atoms with Gasteiger partial charge in [-0.1, -0.05) is 6.07 Å². The van der Waals surface area contributed by atoms with E-state index in [1.165, 1.54) is 12.0 Å². The zero-order valence-corrected chi connectivity index (χ0v) is 19.1. The van der Waals surface area contributed by atoms with Crippen LogP contribution in [0.15, 0.2) is 52.7 Å². The maximum Gasteiger partial charge on any atom is 0.180 e. The Morgan fingerprint density at radius 2 is 2.06 bits per heavy atom. The van der Waals surface area contributed by atoms with Gasteiger partial charge >= 0.3 is 0 Å². The standard InChI is InChI=1S/C25H28N6O2/c1-17-12-31(8-7-30(17)13-19-14-32-16-29-19)23-10-22(27-15-28-23)24-21-9-20(33-25(2)5-6-25)4-3-18(21)11-26-24/h3-4,9-10,14-17H,5-8,11-13H2,1-2H3/t17-/m1/s1. The van der Waals surface area contributed by atoms with Crippen molar-refractivity contribution < 1.29 is 9.15 Å². The van der Waals surface area contributed by atoms with Crippen LogP contribution in [0, 0.1) is 0 Å². The minimum Gasteiger partial charge on any atom is -0.488 e. The van der Waals surface area contributed by atoms with Crippen molar-refractivity contribution >= 4 is 11.5 Å². The molecule has 1 saturated carbocycles. The van der Waals surface area contributed by atoms with E-state index in [2.05, 4.69) is 62.9 Å². The summed E-state index contributed by atoms with van der Waals surface area (Å²) in [6.45, 7) is 8.63. The first-order valence-electron chi connectivity index (χ1n) is 11.6. The van der Waals surface area contributed by atoms with E-state index in [-0.39, 0.29) is 5.60 Å². The number of oxazole rings is 1. The first-order valence-corrected chi connectivity index (χ1v) is 11.6. The fraction of sp³-hybridized carbons (Fsp3) is 0.440. The predicted molar refractivity (Wildman–Crippen MR) is 125 cm³/mol. The zero-order chi connectivity index (χ0) is 22.4. The van der Waals surface area contributed by atoms with Crippen molar-refractivity contribution in [3.8, 4) is 5.75 Å². The Balaban J connectivity index is 1.19. The Morgan fingerprint density at radius 3 is 2.85 bits per heavy atom. The third kappa shape index (κ3) is 4.11. The second-order valence-corrected chi connectivity index (χ2v) is 9.54. The fourth-order valence-corrected chi connectivity index (χ4v) is 4.62. The normalized spacial score (nSPS) is 21.6. The van der Waals surface area contributed by atoms with Gasteiger partial charge in [0.05, 0.1) is 23.6 Å². The number of aromatic nitrogens is 3. The number of piperazine rings is 1. The van der Waals surface area contributed by atoms with Crippen molar-refractivity contribution in [3.05, 3.63) is 65.8 Å². The molecule has 0 N–H and O–H groups in total. The molecule has 0 spiro atoms. The van der Waals surface area contributed by atoms with Crippen molar-refractivity contribution in [3.63, 3.8) is 0 Å². The molecule has 2 aromatic heterocycles. The van der Waals surface area contributed by atoms with Crippen LogP contribution in [0.2, 0.25) is 0 Å². The van der Waals surface area contributed by atoms with E-state index in [9.17, 15) is 0 Å². The second-order valence-electron chi connectivity index (χ2n) is 9.54. The summed E-state index contributed by atoms with van der Waals surface area (Å²) in [4.78, 5) is 23.0. The largest absolute Gasteiger partial charge is 0.488 e. The average Bonchev–Trinajstić information content (AvgIpc) is 3.18. The van der Waals surface area contributed by atoms with Crippen LogP contribution in [0.4, 0.5) is 5.82 Å². The molecule has 0 bridgehead atoms. The lowest BCUT2D eigenvalue weighted by Gasteiger charge is -2.40. The fourth-order valence-electron chi connectivity index (χ4n) is 4.62. The monoisotopic (exact) mass is 444 g/mol. The average molecular weight is 445 g/mol. The van der Waals surface area contributed by atoms with Gasteiger partial charge in [-0.15, -0.1) is 0 Å². The molecule has 1 saturated heterocycles. The minimum atomic E-state index is -0.00124. The van der Waals surface area contributed by atoms with E-state index in [0.29, 0.717) is 12.6 Å². The van der Waals surface area contributed by atoms with Gasteiger partial charge in [-0.05, 0) is 44.4 Å². The number of hydrogen-bond donors (Lipinski definition) is 0. The summed E-state index contributed by atoms with van der Waals surface area (Å²) in [5.41, 5.74) is 5.10. The number of anilines is 1. The third-order valence-corrected chi connectivity index (χ3v) is 6.90.